The number of likely N-dealkylation sites (tertiary alicyclic amines) is 1. The zero-order valence-electron chi connectivity index (χ0n) is 12.7. The first-order valence-electron chi connectivity index (χ1n) is 7.17. The molecule has 1 aliphatic rings. The number of hydrogen-bond acceptors (Lipinski definition) is 2. The van der Waals surface area contributed by atoms with Gasteiger partial charge in [-0.15, -0.1) is 0 Å². The normalized spacial score (nSPS) is 18.9. The fourth-order valence-electron chi connectivity index (χ4n) is 2.51. The second-order valence-corrected chi connectivity index (χ2v) is 6.50. The molecule has 1 aromatic rings. The van der Waals surface area contributed by atoms with Gasteiger partial charge in [-0.05, 0) is 51.2 Å². The van der Waals surface area contributed by atoms with Gasteiger partial charge in [0.15, 0.2) is 11.6 Å². The number of nitrogens with zero attached hydrogens (tertiary/aromatic N) is 1. The van der Waals surface area contributed by atoms with Crippen molar-refractivity contribution < 1.29 is 18.3 Å². The highest BCUT2D eigenvalue weighted by atomic mass is 19.2. The lowest BCUT2D eigenvalue weighted by Crippen LogP contribution is -2.35. The molecule has 1 aromatic carbocycles. The van der Waals surface area contributed by atoms with E-state index in [1.807, 2.05) is 20.8 Å². The lowest BCUT2D eigenvalue weighted by molar-refractivity contribution is 0.0288. The van der Waals surface area contributed by atoms with E-state index in [0.29, 0.717) is 25.1 Å². The molecule has 1 fully saturated rings. The van der Waals surface area contributed by atoms with Crippen LogP contribution in [0.5, 0.6) is 0 Å². The van der Waals surface area contributed by atoms with Crippen LogP contribution in [0.3, 0.4) is 0 Å². The molecule has 5 heteroatoms. The predicted molar refractivity (Wildman–Crippen MR) is 76.0 cm³/mol. The third kappa shape index (κ3) is 4.16. The van der Waals surface area contributed by atoms with Crippen LogP contribution in [0, 0.1) is 17.6 Å². The average molecular weight is 297 g/mol. The highest BCUT2D eigenvalue weighted by molar-refractivity contribution is 5.68. The molecule has 0 saturated carbocycles. The fourth-order valence-corrected chi connectivity index (χ4v) is 2.51. The number of rotatable bonds is 2. The summed E-state index contributed by atoms with van der Waals surface area (Å²) in [6.45, 7) is 6.57. The zero-order chi connectivity index (χ0) is 15.6. The number of carbonyl (C=O) groups excluding carboxylic acids is 1. The van der Waals surface area contributed by atoms with Crippen molar-refractivity contribution in [1.82, 2.24) is 4.90 Å². The van der Waals surface area contributed by atoms with E-state index in [0.717, 1.165) is 12.5 Å². The SMILES string of the molecule is CC(C)(C)OC(=O)N1CCC(Cc2cccc(F)c2F)C1. The molecule has 1 atom stereocenters. The van der Waals surface area contributed by atoms with Crippen LogP contribution in [-0.2, 0) is 11.2 Å². The maximum atomic E-state index is 13.7. The summed E-state index contributed by atoms with van der Waals surface area (Å²) in [5, 5.41) is 0. The van der Waals surface area contributed by atoms with Gasteiger partial charge in [0.05, 0.1) is 0 Å². The molecule has 1 amide bonds. The van der Waals surface area contributed by atoms with Gasteiger partial charge in [-0.2, -0.15) is 0 Å². The molecule has 0 bridgehead atoms. The number of hydrogen-bond donors (Lipinski definition) is 0. The Hall–Kier alpha value is -1.65. The molecule has 0 N–H and O–H groups in total. The largest absolute Gasteiger partial charge is 0.444 e. The van der Waals surface area contributed by atoms with Gasteiger partial charge in [-0.1, -0.05) is 12.1 Å². The van der Waals surface area contributed by atoms with Gasteiger partial charge in [0.1, 0.15) is 5.60 Å². The van der Waals surface area contributed by atoms with Gasteiger partial charge in [0.2, 0.25) is 0 Å². The average Bonchev–Trinajstić information content (AvgIpc) is 2.82. The smallest absolute Gasteiger partial charge is 0.410 e. The standard InChI is InChI=1S/C16H21F2NO2/c1-16(2,3)21-15(20)19-8-7-11(10-19)9-12-5-4-6-13(17)14(12)18/h4-6,11H,7-10H2,1-3H3. The summed E-state index contributed by atoms with van der Waals surface area (Å²) in [6, 6.07) is 4.21. The Bertz CT molecular complexity index is 525. The third-order valence-electron chi connectivity index (χ3n) is 3.48. The molecule has 1 heterocycles. The van der Waals surface area contributed by atoms with E-state index in [-0.39, 0.29) is 12.0 Å². The molecule has 0 radical (unpaired) electrons. The molecule has 0 aliphatic carbocycles. The molecule has 1 saturated heterocycles. The Balaban J connectivity index is 1.94. The molecular weight excluding hydrogens is 276 g/mol. The zero-order valence-corrected chi connectivity index (χ0v) is 12.7. The summed E-state index contributed by atoms with van der Waals surface area (Å²) < 4.78 is 32.2. The van der Waals surface area contributed by atoms with Crippen molar-refractivity contribution in [2.24, 2.45) is 5.92 Å². The summed E-state index contributed by atoms with van der Waals surface area (Å²) in [7, 11) is 0. The summed E-state index contributed by atoms with van der Waals surface area (Å²) in [6.07, 6.45) is 0.864. The van der Waals surface area contributed by atoms with Crippen LogP contribution in [0.15, 0.2) is 18.2 Å². The molecule has 0 spiro atoms. The van der Waals surface area contributed by atoms with Crippen molar-refractivity contribution >= 4 is 6.09 Å². The van der Waals surface area contributed by atoms with Gasteiger partial charge in [0.25, 0.3) is 0 Å². The van der Waals surface area contributed by atoms with Gasteiger partial charge >= 0.3 is 6.09 Å². The molecule has 1 aliphatic heterocycles. The second kappa shape index (κ2) is 6.00. The van der Waals surface area contributed by atoms with E-state index in [1.165, 1.54) is 6.07 Å². The lowest BCUT2D eigenvalue weighted by Gasteiger charge is -2.24. The lowest BCUT2D eigenvalue weighted by atomic mass is 9.98. The molecule has 21 heavy (non-hydrogen) atoms. The first-order valence-corrected chi connectivity index (χ1v) is 7.17. The van der Waals surface area contributed by atoms with Crippen LogP contribution in [0.2, 0.25) is 0 Å². The van der Waals surface area contributed by atoms with Crippen molar-refractivity contribution in [3.05, 3.63) is 35.4 Å². The highest BCUT2D eigenvalue weighted by Gasteiger charge is 2.30. The quantitative estimate of drug-likeness (QED) is 0.831. The number of amides is 1. The highest BCUT2D eigenvalue weighted by Crippen LogP contribution is 2.24. The minimum atomic E-state index is -0.825. The van der Waals surface area contributed by atoms with Gasteiger partial charge in [-0.3, -0.25) is 0 Å². The Kier molecular flexibility index (Phi) is 4.49. The monoisotopic (exact) mass is 297 g/mol. The second-order valence-electron chi connectivity index (χ2n) is 6.50. The van der Waals surface area contributed by atoms with Gasteiger partial charge in [-0.25, -0.2) is 13.6 Å². The first kappa shape index (κ1) is 15.7. The Morgan fingerprint density at radius 2 is 2.10 bits per heavy atom. The van der Waals surface area contributed by atoms with E-state index in [4.69, 9.17) is 4.74 Å². The third-order valence-corrected chi connectivity index (χ3v) is 3.48. The maximum Gasteiger partial charge on any atom is 0.410 e. The van der Waals surface area contributed by atoms with Gasteiger partial charge in [0, 0.05) is 13.1 Å². The predicted octanol–water partition coefficient (Wildman–Crippen LogP) is 3.76. The van der Waals surface area contributed by atoms with E-state index in [9.17, 15) is 13.6 Å². The van der Waals surface area contributed by atoms with Crippen molar-refractivity contribution in [2.75, 3.05) is 13.1 Å². The molecular formula is C16H21F2NO2. The van der Waals surface area contributed by atoms with Crippen LogP contribution >= 0.6 is 0 Å². The summed E-state index contributed by atoms with van der Waals surface area (Å²) >= 11 is 0. The first-order chi connectivity index (χ1) is 9.76. The molecule has 3 nitrogen and oxygen atoms in total. The number of benzene rings is 1. The van der Waals surface area contributed by atoms with Crippen LogP contribution < -0.4 is 0 Å². The molecule has 116 valence electrons. The van der Waals surface area contributed by atoms with Crippen molar-refractivity contribution in [3.63, 3.8) is 0 Å². The Morgan fingerprint density at radius 1 is 1.38 bits per heavy atom. The number of halogens is 2. The molecule has 0 aromatic heterocycles. The maximum absolute atomic E-state index is 13.7. The Morgan fingerprint density at radius 3 is 2.76 bits per heavy atom. The summed E-state index contributed by atoms with van der Waals surface area (Å²) in [4.78, 5) is 13.6. The van der Waals surface area contributed by atoms with Crippen LogP contribution in [0.1, 0.15) is 32.8 Å². The summed E-state index contributed by atoms with van der Waals surface area (Å²) in [5.74, 6) is -1.48. The van der Waals surface area contributed by atoms with Crippen LogP contribution in [-0.4, -0.2) is 29.7 Å². The van der Waals surface area contributed by atoms with E-state index in [2.05, 4.69) is 0 Å². The molecule has 2 rings (SSSR count). The number of carbonyl (C=O) groups is 1. The molecule has 1 unspecified atom stereocenters. The van der Waals surface area contributed by atoms with E-state index < -0.39 is 17.2 Å². The van der Waals surface area contributed by atoms with Crippen molar-refractivity contribution in [1.29, 1.82) is 0 Å². The topological polar surface area (TPSA) is 29.5 Å². The number of ether oxygens (including phenoxy) is 1. The van der Waals surface area contributed by atoms with Crippen LogP contribution in [0.25, 0.3) is 0 Å². The van der Waals surface area contributed by atoms with Crippen LogP contribution in [0.4, 0.5) is 13.6 Å². The Labute approximate surface area is 123 Å². The minimum Gasteiger partial charge on any atom is -0.444 e. The minimum absolute atomic E-state index is 0.133. The van der Waals surface area contributed by atoms with Crippen molar-refractivity contribution in [3.8, 4) is 0 Å². The fraction of sp³-hybridized carbons (Fsp3) is 0.562. The summed E-state index contributed by atoms with van der Waals surface area (Å²) in [5.41, 5.74) is -0.157. The van der Waals surface area contributed by atoms with Crippen molar-refractivity contribution in [2.45, 2.75) is 39.2 Å². The van der Waals surface area contributed by atoms with E-state index in [1.54, 1.807) is 11.0 Å². The van der Waals surface area contributed by atoms with E-state index >= 15 is 0 Å². The van der Waals surface area contributed by atoms with Gasteiger partial charge < -0.3 is 9.64 Å².